The molecule has 1 aromatic rings. The van der Waals surface area contributed by atoms with Crippen LogP contribution in [0.2, 0.25) is 5.02 Å². The molecule has 1 amide bonds. The number of ether oxygens (including phenoxy) is 2. The molecule has 3 saturated heterocycles. The number of amides is 1. The summed E-state index contributed by atoms with van der Waals surface area (Å²) in [5, 5.41) is 10.1. The van der Waals surface area contributed by atoms with E-state index in [1.54, 1.807) is 26.2 Å². The molecule has 0 aromatic carbocycles. The highest BCUT2D eigenvalue weighted by atomic mass is 35.5. The molecule has 7 fully saturated rings. The standard InChI is InChI=1S/C44H59ClN4O7/c1-24(2)32-27(50)18-43-33(32)26-10-11-29-39(7)14-13-30(55-31(51)19-37(3,4)35(52)53)38(5,6)28(39)12-15-40(29,8)41(26,9)22-49(43)44(43)23-48(36(54)56-44)42(16-17-42)34-46-20-25(45)21-47-34/h20-21,24,26,28-30H,10-19,22-23H2,1-9H3,(H,52,53)/t26-,28+,29-,30+,39+,40-,41-,43+,44+,49?/m1/s1. The number of esters is 1. The fourth-order valence-corrected chi connectivity index (χ4v) is 14.7. The molecule has 1 aromatic heterocycles. The molecular weight excluding hydrogens is 732 g/mol. The van der Waals surface area contributed by atoms with Gasteiger partial charge in [0.2, 0.25) is 5.72 Å². The predicted molar refractivity (Wildman–Crippen MR) is 207 cm³/mol. The van der Waals surface area contributed by atoms with Gasteiger partial charge in [0.25, 0.3) is 0 Å². The summed E-state index contributed by atoms with van der Waals surface area (Å²) in [5.41, 5.74) is -1.71. The van der Waals surface area contributed by atoms with Crippen molar-refractivity contribution in [2.75, 3.05) is 13.1 Å². The number of halogens is 1. The number of fused-ring (bicyclic) bond motifs is 7. The van der Waals surface area contributed by atoms with Crippen LogP contribution in [0.4, 0.5) is 4.79 Å². The number of hydrogen-bond acceptors (Lipinski definition) is 9. The summed E-state index contributed by atoms with van der Waals surface area (Å²) in [6, 6.07) is 0. The summed E-state index contributed by atoms with van der Waals surface area (Å²) < 4.78 is 12.9. The molecule has 10 atom stereocenters. The van der Waals surface area contributed by atoms with Crippen LogP contribution in [0, 0.1) is 50.7 Å². The molecule has 11 nitrogen and oxygen atoms in total. The van der Waals surface area contributed by atoms with Crippen LogP contribution in [-0.2, 0) is 29.4 Å². The molecule has 3 aliphatic heterocycles. The number of carboxylic acid groups (broad SMARTS) is 1. The van der Waals surface area contributed by atoms with Gasteiger partial charge in [0.15, 0.2) is 11.6 Å². The first-order chi connectivity index (χ1) is 26.1. The van der Waals surface area contributed by atoms with Gasteiger partial charge in [-0.25, -0.2) is 19.7 Å². The molecule has 304 valence electrons. The summed E-state index contributed by atoms with van der Waals surface area (Å²) in [5.74, 6) is 0.305. The Balaban J connectivity index is 1.05. The zero-order valence-corrected chi connectivity index (χ0v) is 35.3. The van der Waals surface area contributed by atoms with Crippen molar-refractivity contribution in [1.82, 2.24) is 19.8 Å². The second-order valence-electron chi connectivity index (χ2n) is 21.3. The van der Waals surface area contributed by atoms with E-state index in [4.69, 9.17) is 21.1 Å². The quantitative estimate of drug-likeness (QED) is 0.214. The first kappa shape index (κ1) is 38.5. The van der Waals surface area contributed by atoms with Gasteiger partial charge in [0, 0.05) is 30.8 Å². The van der Waals surface area contributed by atoms with E-state index in [1.165, 1.54) is 5.57 Å². The topological polar surface area (TPSA) is 139 Å². The van der Waals surface area contributed by atoms with Crippen LogP contribution in [0.3, 0.4) is 0 Å². The Morgan fingerprint density at radius 3 is 2.27 bits per heavy atom. The lowest BCUT2D eigenvalue weighted by Gasteiger charge is -2.71. The van der Waals surface area contributed by atoms with E-state index in [-0.39, 0.29) is 57.9 Å². The number of nitrogens with zero attached hydrogens (tertiary/aromatic N) is 4. The normalized spacial score (nSPS) is 42.7. The highest BCUT2D eigenvalue weighted by Gasteiger charge is 2.90. The fraction of sp³-hybridized carbons (Fsp3) is 0.773. The second-order valence-corrected chi connectivity index (χ2v) is 21.8. The summed E-state index contributed by atoms with van der Waals surface area (Å²) in [4.78, 5) is 66.9. The summed E-state index contributed by atoms with van der Waals surface area (Å²) in [6.07, 6.45) is 9.95. The fourth-order valence-electron chi connectivity index (χ4n) is 14.6. The van der Waals surface area contributed by atoms with Gasteiger partial charge in [-0.3, -0.25) is 19.3 Å². The molecule has 5 aliphatic carbocycles. The van der Waals surface area contributed by atoms with Crippen molar-refractivity contribution in [3.63, 3.8) is 0 Å². The number of carbonyl (C=O) groups is 4. The van der Waals surface area contributed by atoms with Gasteiger partial charge < -0.3 is 14.6 Å². The molecule has 0 bridgehead atoms. The Kier molecular flexibility index (Phi) is 7.95. The SMILES string of the molecule is CC(C)C1=C2[C@H]3CC[C@@H]4[C@@]5(C)CC[C@H](OC(=O)CC(C)(C)C(=O)O)C(C)(C)[C@@H]5CC[C@@]4(C)[C@]3(C)CN3[C@]4(CN(C5(c6ncc(Cl)cn6)CC5)C(=O)O4)[C@]23CC1=O. The van der Waals surface area contributed by atoms with Gasteiger partial charge in [-0.2, -0.15) is 0 Å². The summed E-state index contributed by atoms with van der Waals surface area (Å²) in [7, 11) is 0. The van der Waals surface area contributed by atoms with E-state index in [9.17, 15) is 24.3 Å². The van der Waals surface area contributed by atoms with Crippen LogP contribution in [0.25, 0.3) is 0 Å². The lowest BCUT2D eigenvalue weighted by atomic mass is 9.34. The average Bonchev–Trinajstić information content (AvgIpc) is 3.90. The Bertz CT molecular complexity index is 1980. The number of aromatic nitrogens is 2. The zero-order valence-electron chi connectivity index (χ0n) is 34.6. The van der Waals surface area contributed by atoms with E-state index >= 15 is 0 Å². The Morgan fingerprint density at radius 1 is 0.964 bits per heavy atom. The van der Waals surface area contributed by atoms with Crippen molar-refractivity contribution >= 4 is 35.4 Å². The number of rotatable bonds is 7. The van der Waals surface area contributed by atoms with Crippen molar-refractivity contribution in [3.8, 4) is 0 Å². The molecule has 9 rings (SSSR count). The Labute approximate surface area is 335 Å². The van der Waals surface area contributed by atoms with Crippen molar-refractivity contribution in [2.45, 2.75) is 149 Å². The summed E-state index contributed by atoms with van der Waals surface area (Å²) in [6.45, 7) is 20.6. The Hall–Kier alpha value is -3.05. The van der Waals surface area contributed by atoms with Crippen molar-refractivity contribution in [1.29, 1.82) is 0 Å². The van der Waals surface area contributed by atoms with E-state index in [0.29, 0.717) is 35.6 Å². The van der Waals surface area contributed by atoms with Gasteiger partial charge in [-0.1, -0.05) is 60.1 Å². The number of piperidine rings is 1. The van der Waals surface area contributed by atoms with Crippen LogP contribution in [-0.4, -0.2) is 79.1 Å². The summed E-state index contributed by atoms with van der Waals surface area (Å²) >= 11 is 6.16. The minimum atomic E-state index is -1.19. The van der Waals surface area contributed by atoms with Crippen LogP contribution in [0.5, 0.6) is 0 Å². The van der Waals surface area contributed by atoms with Gasteiger partial charge in [-0.15, -0.1) is 0 Å². The van der Waals surface area contributed by atoms with Crippen LogP contribution in [0.1, 0.15) is 132 Å². The molecule has 0 radical (unpaired) electrons. The third-order valence-corrected chi connectivity index (χ3v) is 17.9. The molecule has 1 N–H and O–H groups in total. The Morgan fingerprint density at radius 2 is 1.64 bits per heavy atom. The third-order valence-electron chi connectivity index (χ3n) is 17.7. The maximum Gasteiger partial charge on any atom is 0.412 e. The number of Topliss-reactive ketones (excluding diaryl/α,β-unsaturated/α-hetero) is 1. The van der Waals surface area contributed by atoms with Crippen molar-refractivity contribution in [2.24, 2.45) is 50.7 Å². The lowest BCUT2D eigenvalue weighted by Crippen LogP contribution is -2.67. The smallest absolute Gasteiger partial charge is 0.412 e. The number of hydrogen-bond donors (Lipinski definition) is 1. The maximum absolute atomic E-state index is 14.3. The van der Waals surface area contributed by atoms with E-state index < -0.39 is 34.2 Å². The second kappa shape index (κ2) is 11.6. The average molecular weight is 791 g/mol. The predicted octanol–water partition coefficient (Wildman–Crippen LogP) is 7.95. The molecule has 4 heterocycles. The monoisotopic (exact) mass is 790 g/mol. The zero-order chi connectivity index (χ0) is 40.4. The maximum atomic E-state index is 14.3. The van der Waals surface area contributed by atoms with Gasteiger partial charge in [0.05, 0.1) is 23.4 Å². The number of ketones is 1. The third kappa shape index (κ3) is 4.62. The highest BCUT2D eigenvalue weighted by molar-refractivity contribution is 6.30. The number of aliphatic carboxylic acids is 1. The molecular formula is C44H59ClN4O7. The van der Waals surface area contributed by atoms with Crippen molar-refractivity contribution in [3.05, 3.63) is 34.4 Å². The number of carbonyl (C=O) groups excluding carboxylic acids is 3. The molecule has 2 spiro atoms. The van der Waals surface area contributed by atoms with E-state index in [2.05, 4.69) is 63.3 Å². The van der Waals surface area contributed by atoms with E-state index in [1.807, 2.05) is 4.90 Å². The van der Waals surface area contributed by atoms with Crippen molar-refractivity contribution < 1.29 is 33.8 Å². The van der Waals surface area contributed by atoms with Crippen LogP contribution < -0.4 is 0 Å². The van der Waals surface area contributed by atoms with Gasteiger partial charge in [0.1, 0.15) is 17.2 Å². The van der Waals surface area contributed by atoms with Gasteiger partial charge in [-0.05, 0) is 116 Å². The molecule has 56 heavy (non-hydrogen) atoms. The lowest BCUT2D eigenvalue weighted by molar-refractivity contribution is -0.231. The molecule has 12 heteroatoms. The first-order valence-electron chi connectivity index (χ1n) is 21.0. The minimum Gasteiger partial charge on any atom is -0.481 e. The van der Waals surface area contributed by atoms with E-state index in [0.717, 1.165) is 63.5 Å². The number of allylic oxidation sites excluding steroid dienone is 1. The largest absolute Gasteiger partial charge is 0.481 e. The number of carboxylic acids is 1. The molecule has 8 aliphatic rings. The van der Waals surface area contributed by atoms with Gasteiger partial charge >= 0.3 is 18.0 Å². The van der Waals surface area contributed by atoms with Crippen LogP contribution in [0.15, 0.2) is 23.5 Å². The molecule has 4 saturated carbocycles. The first-order valence-corrected chi connectivity index (χ1v) is 21.4. The van der Waals surface area contributed by atoms with Crippen LogP contribution >= 0.6 is 11.6 Å². The minimum absolute atomic E-state index is 0.00680. The molecule has 1 unspecified atom stereocenters. The highest BCUT2D eigenvalue weighted by Crippen LogP contribution is 2.80.